The zero-order valence-electron chi connectivity index (χ0n) is 9.80. The van der Waals surface area contributed by atoms with Gasteiger partial charge in [0.25, 0.3) is 0 Å². The summed E-state index contributed by atoms with van der Waals surface area (Å²) >= 11 is 0. The van der Waals surface area contributed by atoms with Crippen LogP contribution in [0.3, 0.4) is 0 Å². The van der Waals surface area contributed by atoms with Crippen LogP contribution >= 0.6 is 0 Å². The first-order chi connectivity index (χ1) is 8.36. The molecule has 0 saturated carbocycles. The first-order valence-corrected chi connectivity index (χ1v) is 5.96. The molecule has 1 aromatic rings. The Kier molecular flexibility index (Phi) is 2.48. The molecular formula is C15H14N2. The first-order valence-electron chi connectivity index (χ1n) is 5.96. The molecule has 0 spiro atoms. The van der Waals surface area contributed by atoms with Crippen molar-refractivity contribution in [1.82, 2.24) is 0 Å². The highest BCUT2D eigenvalue weighted by molar-refractivity contribution is 6.11. The molecule has 2 heteroatoms. The van der Waals surface area contributed by atoms with E-state index in [-0.39, 0.29) is 6.04 Å². The highest BCUT2D eigenvalue weighted by Gasteiger charge is 2.19. The van der Waals surface area contributed by atoms with Crippen LogP contribution in [0.5, 0.6) is 0 Å². The first kappa shape index (κ1) is 10.2. The third kappa shape index (κ3) is 1.86. The number of nitrogens with zero attached hydrogens (tertiary/aromatic N) is 2. The minimum absolute atomic E-state index is 0.126. The molecule has 0 saturated heterocycles. The average Bonchev–Trinajstić information content (AvgIpc) is 2.82. The fourth-order valence-corrected chi connectivity index (χ4v) is 2.09. The molecule has 0 aromatic heterocycles. The summed E-state index contributed by atoms with van der Waals surface area (Å²) in [6.45, 7) is 2.16. The highest BCUT2D eigenvalue weighted by Crippen LogP contribution is 2.25. The van der Waals surface area contributed by atoms with Gasteiger partial charge in [-0.15, -0.1) is 0 Å². The quantitative estimate of drug-likeness (QED) is 0.734. The molecule has 0 bridgehead atoms. The van der Waals surface area contributed by atoms with Crippen molar-refractivity contribution in [1.29, 1.82) is 0 Å². The molecule has 0 aliphatic carbocycles. The summed E-state index contributed by atoms with van der Waals surface area (Å²) in [7, 11) is 0. The van der Waals surface area contributed by atoms with E-state index < -0.39 is 0 Å². The second-order valence-electron chi connectivity index (χ2n) is 4.24. The van der Waals surface area contributed by atoms with E-state index in [1.54, 1.807) is 0 Å². The molecule has 1 atom stereocenters. The van der Waals surface area contributed by atoms with Crippen LogP contribution in [-0.2, 0) is 6.42 Å². The zero-order chi connectivity index (χ0) is 11.7. The summed E-state index contributed by atoms with van der Waals surface area (Å²) < 4.78 is 0. The topological polar surface area (TPSA) is 24.7 Å². The van der Waals surface area contributed by atoms with Crippen molar-refractivity contribution >= 4 is 17.6 Å². The number of hydrogen-bond donors (Lipinski definition) is 0. The number of dihydropyridines is 1. The second-order valence-corrected chi connectivity index (χ2v) is 4.24. The highest BCUT2D eigenvalue weighted by atomic mass is 14.9. The normalized spacial score (nSPS) is 21.1. The summed E-state index contributed by atoms with van der Waals surface area (Å²) in [4.78, 5) is 8.99. The third-order valence-electron chi connectivity index (χ3n) is 3.13. The molecule has 3 rings (SSSR count). The van der Waals surface area contributed by atoms with Gasteiger partial charge < -0.3 is 0 Å². The monoisotopic (exact) mass is 222 g/mol. The van der Waals surface area contributed by atoms with E-state index in [1.165, 1.54) is 11.1 Å². The van der Waals surface area contributed by atoms with Gasteiger partial charge in [0.2, 0.25) is 0 Å². The van der Waals surface area contributed by atoms with Crippen LogP contribution in [0.1, 0.15) is 18.1 Å². The molecule has 2 heterocycles. The average molecular weight is 222 g/mol. The lowest BCUT2D eigenvalue weighted by Gasteiger charge is -2.03. The zero-order valence-corrected chi connectivity index (χ0v) is 9.80. The van der Waals surface area contributed by atoms with Crippen LogP contribution in [-0.4, -0.2) is 18.0 Å². The molecule has 1 unspecified atom stereocenters. The maximum Gasteiger partial charge on any atom is 0.112 e. The molecule has 0 radical (unpaired) electrons. The SMILES string of the molecule is CCc1ccc(C2=CC3N=CC=CC3=N2)cc1. The van der Waals surface area contributed by atoms with Crippen LogP contribution in [0.2, 0.25) is 0 Å². The lowest BCUT2D eigenvalue weighted by Crippen LogP contribution is -2.12. The lowest BCUT2D eigenvalue weighted by atomic mass is 10.1. The number of aliphatic imine (C=N–C) groups is 2. The standard InChI is InChI=1S/C15H14N2/c1-2-11-5-7-12(8-6-11)14-10-15-13(17-14)4-3-9-16-15/h3-10,15H,2H2,1H3. The maximum absolute atomic E-state index is 4.61. The fourth-order valence-electron chi connectivity index (χ4n) is 2.09. The number of benzene rings is 1. The molecule has 2 aliphatic rings. The van der Waals surface area contributed by atoms with Gasteiger partial charge in [0, 0.05) is 6.21 Å². The summed E-state index contributed by atoms with van der Waals surface area (Å²) in [6, 6.07) is 8.73. The van der Waals surface area contributed by atoms with E-state index in [0.717, 1.165) is 17.8 Å². The smallest absolute Gasteiger partial charge is 0.112 e. The largest absolute Gasteiger partial charge is 0.279 e. The van der Waals surface area contributed by atoms with E-state index >= 15 is 0 Å². The Labute approximate surface area is 101 Å². The van der Waals surface area contributed by atoms with Crippen LogP contribution in [0.15, 0.2) is 52.5 Å². The van der Waals surface area contributed by atoms with Crippen LogP contribution in [0, 0.1) is 0 Å². The molecule has 1 aromatic carbocycles. The molecule has 0 N–H and O–H groups in total. The summed E-state index contributed by atoms with van der Waals surface area (Å²) in [5.74, 6) is 0. The Morgan fingerprint density at radius 2 is 2.00 bits per heavy atom. The van der Waals surface area contributed by atoms with Crippen molar-refractivity contribution in [3.8, 4) is 0 Å². The van der Waals surface area contributed by atoms with Gasteiger partial charge in [-0.25, -0.2) is 0 Å². The minimum Gasteiger partial charge on any atom is -0.279 e. The third-order valence-corrected chi connectivity index (χ3v) is 3.13. The molecule has 2 aliphatic heterocycles. The van der Waals surface area contributed by atoms with Crippen molar-refractivity contribution in [2.45, 2.75) is 19.4 Å². The minimum atomic E-state index is 0.126. The summed E-state index contributed by atoms with van der Waals surface area (Å²) in [6.07, 6.45) is 9.00. The van der Waals surface area contributed by atoms with E-state index in [0.29, 0.717) is 0 Å². The Hall–Kier alpha value is -1.96. The predicted octanol–water partition coefficient (Wildman–Crippen LogP) is 3.05. The Morgan fingerprint density at radius 3 is 2.71 bits per heavy atom. The molecular weight excluding hydrogens is 208 g/mol. The van der Waals surface area contributed by atoms with E-state index in [9.17, 15) is 0 Å². The number of rotatable bonds is 2. The van der Waals surface area contributed by atoms with Gasteiger partial charge in [-0.3, -0.25) is 9.98 Å². The lowest BCUT2D eigenvalue weighted by molar-refractivity contribution is 1.11. The molecule has 2 nitrogen and oxygen atoms in total. The maximum atomic E-state index is 4.61. The van der Waals surface area contributed by atoms with Crippen molar-refractivity contribution < 1.29 is 0 Å². The number of aryl methyl sites for hydroxylation is 1. The Bertz CT molecular complexity index is 545. The van der Waals surface area contributed by atoms with Gasteiger partial charge in [0.1, 0.15) is 6.04 Å². The number of allylic oxidation sites excluding steroid dienone is 1. The van der Waals surface area contributed by atoms with Gasteiger partial charge in [-0.05, 0) is 35.8 Å². The number of fused-ring (bicyclic) bond motifs is 1. The van der Waals surface area contributed by atoms with Gasteiger partial charge >= 0.3 is 0 Å². The fraction of sp³-hybridized carbons (Fsp3) is 0.200. The Morgan fingerprint density at radius 1 is 1.18 bits per heavy atom. The molecule has 84 valence electrons. The molecule has 17 heavy (non-hydrogen) atoms. The van der Waals surface area contributed by atoms with E-state index in [4.69, 9.17) is 0 Å². The van der Waals surface area contributed by atoms with Gasteiger partial charge in [-0.1, -0.05) is 31.2 Å². The predicted molar refractivity (Wildman–Crippen MR) is 72.7 cm³/mol. The molecule has 0 amide bonds. The summed E-state index contributed by atoms with van der Waals surface area (Å²) in [5, 5.41) is 0. The van der Waals surface area contributed by atoms with Gasteiger partial charge in [0.15, 0.2) is 0 Å². The van der Waals surface area contributed by atoms with Crippen molar-refractivity contribution in [3.63, 3.8) is 0 Å². The van der Waals surface area contributed by atoms with Crippen molar-refractivity contribution in [2.75, 3.05) is 0 Å². The van der Waals surface area contributed by atoms with Crippen molar-refractivity contribution in [3.05, 3.63) is 53.6 Å². The summed E-state index contributed by atoms with van der Waals surface area (Å²) in [5.41, 5.74) is 4.61. The van der Waals surface area contributed by atoms with Crippen LogP contribution in [0.4, 0.5) is 0 Å². The van der Waals surface area contributed by atoms with Crippen LogP contribution in [0.25, 0.3) is 5.70 Å². The number of hydrogen-bond acceptors (Lipinski definition) is 2. The van der Waals surface area contributed by atoms with Crippen LogP contribution < -0.4 is 0 Å². The Balaban J connectivity index is 1.93. The van der Waals surface area contributed by atoms with Gasteiger partial charge in [-0.2, -0.15) is 0 Å². The van der Waals surface area contributed by atoms with E-state index in [1.807, 2.05) is 18.4 Å². The van der Waals surface area contributed by atoms with Crippen molar-refractivity contribution in [2.24, 2.45) is 9.98 Å². The van der Waals surface area contributed by atoms with E-state index in [2.05, 4.69) is 47.3 Å². The molecule has 0 fully saturated rings. The second kappa shape index (κ2) is 4.13. The van der Waals surface area contributed by atoms with Gasteiger partial charge in [0.05, 0.1) is 11.4 Å².